The highest BCUT2D eigenvalue weighted by Crippen LogP contribution is 2.14. The normalized spacial score (nSPS) is 11.7. The Morgan fingerprint density at radius 1 is 1.28 bits per heavy atom. The largest absolute Gasteiger partial charge is 0.336 e. The summed E-state index contributed by atoms with van der Waals surface area (Å²) in [6, 6.07) is 6.53. The number of benzene rings is 1. The number of hydrogen-bond donors (Lipinski definition) is 0. The molecular weight excluding hydrogens is 252 g/mol. The van der Waals surface area contributed by atoms with Crippen molar-refractivity contribution < 1.29 is 12.6 Å². The van der Waals surface area contributed by atoms with Crippen molar-refractivity contribution in [1.29, 1.82) is 0 Å². The summed E-state index contributed by atoms with van der Waals surface area (Å²) in [5, 5.41) is 0. The first-order valence-electron chi connectivity index (χ1n) is 5.41. The first kappa shape index (κ1) is 12.8. The minimum absolute atomic E-state index is 0.0697. The third-order valence-electron chi connectivity index (χ3n) is 2.57. The van der Waals surface area contributed by atoms with Crippen molar-refractivity contribution in [3.63, 3.8) is 0 Å². The number of nitrogens with zero attached hydrogens (tertiary/aromatic N) is 2. The van der Waals surface area contributed by atoms with Crippen LogP contribution in [0.1, 0.15) is 11.4 Å². The zero-order valence-electron chi connectivity index (χ0n) is 10.2. The highest BCUT2D eigenvalue weighted by atomic mass is 32.2. The SMILES string of the molecule is Cc1ccc(S(=O)(=O)OCc2nccn2C)cc1. The summed E-state index contributed by atoms with van der Waals surface area (Å²) in [5.41, 5.74) is 0.998. The van der Waals surface area contributed by atoms with Gasteiger partial charge in [0.05, 0.1) is 4.90 Å². The molecule has 0 radical (unpaired) electrons. The molecule has 1 aromatic carbocycles. The maximum Gasteiger partial charge on any atom is 0.297 e. The van der Waals surface area contributed by atoms with Gasteiger partial charge in [-0.2, -0.15) is 8.42 Å². The van der Waals surface area contributed by atoms with E-state index < -0.39 is 10.1 Å². The summed E-state index contributed by atoms with van der Waals surface area (Å²) >= 11 is 0. The van der Waals surface area contributed by atoms with Gasteiger partial charge in [0.25, 0.3) is 10.1 Å². The van der Waals surface area contributed by atoms with Crippen molar-refractivity contribution in [2.45, 2.75) is 18.4 Å². The van der Waals surface area contributed by atoms with E-state index >= 15 is 0 Å². The van der Waals surface area contributed by atoms with Gasteiger partial charge in [-0.1, -0.05) is 17.7 Å². The van der Waals surface area contributed by atoms with Gasteiger partial charge in [0.1, 0.15) is 12.4 Å². The Labute approximate surface area is 106 Å². The van der Waals surface area contributed by atoms with E-state index in [0.717, 1.165) is 5.56 Å². The van der Waals surface area contributed by atoms with Crippen LogP contribution in [0.4, 0.5) is 0 Å². The molecule has 1 heterocycles. The fraction of sp³-hybridized carbons (Fsp3) is 0.250. The monoisotopic (exact) mass is 266 g/mol. The summed E-state index contributed by atoms with van der Waals surface area (Å²) in [4.78, 5) is 4.16. The summed E-state index contributed by atoms with van der Waals surface area (Å²) in [7, 11) is -1.94. The molecule has 0 aliphatic rings. The lowest BCUT2D eigenvalue weighted by Gasteiger charge is -2.06. The van der Waals surface area contributed by atoms with Crippen LogP contribution in [0, 0.1) is 6.92 Å². The zero-order valence-corrected chi connectivity index (χ0v) is 11.0. The van der Waals surface area contributed by atoms with Crippen molar-refractivity contribution in [3.05, 3.63) is 48.0 Å². The van der Waals surface area contributed by atoms with E-state index in [1.165, 1.54) is 12.1 Å². The Balaban J connectivity index is 2.13. The van der Waals surface area contributed by atoms with E-state index in [9.17, 15) is 8.42 Å². The number of imidazole rings is 1. The van der Waals surface area contributed by atoms with Crippen LogP contribution < -0.4 is 0 Å². The fourth-order valence-corrected chi connectivity index (χ4v) is 2.30. The highest BCUT2D eigenvalue weighted by molar-refractivity contribution is 7.86. The molecule has 0 aliphatic carbocycles. The number of aryl methyl sites for hydroxylation is 2. The first-order valence-corrected chi connectivity index (χ1v) is 6.82. The third-order valence-corrected chi connectivity index (χ3v) is 3.85. The van der Waals surface area contributed by atoms with Crippen molar-refractivity contribution >= 4 is 10.1 Å². The van der Waals surface area contributed by atoms with Gasteiger partial charge in [0.15, 0.2) is 0 Å². The third kappa shape index (κ3) is 2.77. The van der Waals surface area contributed by atoms with Crippen molar-refractivity contribution in [1.82, 2.24) is 9.55 Å². The summed E-state index contributed by atoms with van der Waals surface area (Å²) in [5.74, 6) is 0.561. The molecule has 2 rings (SSSR count). The standard InChI is InChI=1S/C12H14N2O3S/c1-10-3-5-11(6-4-10)18(15,16)17-9-12-13-7-8-14(12)2/h3-8H,9H2,1-2H3. The molecule has 0 N–H and O–H groups in total. The van der Waals surface area contributed by atoms with Gasteiger partial charge in [-0.3, -0.25) is 4.18 Å². The average molecular weight is 266 g/mol. The zero-order chi connectivity index (χ0) is 13.2. The van der Waals surface area contributed by atoms with Crippen LogP contribution in [0.15, 0.2) is 41.6 Å². The van der Waals surface area contributed by atoms with Gasteiger partial charge in [-0.15, -0.1) is 0 Å². The van der Waals surface area contributed by atoms with Crippen LogP contribution in [0.5, 0.6) is 0 Å². The quantitative estimate of drug-likeness (QED) is 0.789. The van der Waals surface area contributed by atoms with Crippen LogP contribution >= 0.6 is 0 Å². The Hall–Kier alpha value is -1.66. The Morgan fingerprint density at radius 2 is 1.94 bits per heavy atom. The van der Waals surface area contributed by atoms with Gasteiger partial charge in [-0.25, -0.2) is 4.98 Å². The van der Waals surface area contributed by atoms with Crippen molar-refractivity contribution in [3.8, 4) is 0 Å². The molecule has 5 nitrogen and oxygen atoms in total. The fourth-order valence-electron chi connectivity index (χ4n) is 1.44. The average Bonchev–Trinajstić information content (AvgIpc) is 2.73. The van der Waals surface area contributed by atoms with Crippen molar-refractivity contribution in [2.75, 3.05) is 0 Å². The topological polar surface area (TPSA) is 61.2 Å². The second-order valence-corrected chi connectivity index (χ2v) is 5.60. The van der Waals surface area contributed by atoms with Crippen molar-refractivity contribution in [2.24, 2.45) is 7.05 Å². The summed E-state index contributed by atoms with van der Waals surface area (Å²) < 4.78 is 30.5. The molecule has 6 heteroatoms. The Kier molecular flexibility index (Phi) is 3.49. The molecule has 1 aromatic heterocycles. The Bertz CT molecular complexity index is 630. The van der Waals surface area contributed by atoms with E-state index in [1.54, 1.807) is 36.1 Å². The smallest absolute Gasteiger partial charge is 0.297 e. The van der Waals surface area contributed by atoms with Gasteiger partial charge in [0.2, 0.25) is 0 Å². The number of hydrogen-bond acceptors (Lipinski definition) is 4. The molecule has 0 bridgehead atoms. The van der Waals surface area contributed by atoms with E-state index in [0.29, 0.717) is 5.82 Å². The molecule has 0 atom stereocenters. The highest BCUT2D eigenvalue weighted by Gasteiger charge is 2.15. The number of aromatic nitrogens is 2. The van der Waals surface area contributed by atoms with Gasteiger partial charge < -0.3 is 4.57 Å². The van der Waals surface area contributed by atoms with Crippen LogP contribution in [-0.2, 0) is 28.0 Å². The van der Waals surface area contributed by atoms with Gasteiger partial charge in [-0.05, 0) is 19.1 Å². The lowest BCUT2D eigenvalue weighted by Crippen LogP contribution is -2.09. The minimum atomic E-state index is -3.72. The van der Waals surface area contributed by atoms with Crippen LogP contribution in [0.2, 0.25) is 0 Å². The second-order valence-electron chi connectivity index (χ2n) is 3.98. The molecule has 0 amide bonds. The van der Waals surface area contributed by atoms with E-state index in [1.807, 2.05) is 6.92 Å². The van der Waals surface area contributed by atoms with Crippen LogP contribution in [-0.4, -0.2) is 18.0 Å². The molecule has 0 saturated heterocycles. The summed E-state index contributed by atoms with van der Waals surface area (Å²) in [6.07, 6.45) is 3.33. The van der Waals surface area contributed by atoms with Crippen LogP contribution in [0.25, 0.3) is 0 Å². The maximum atomic E-state index is 11.9. The van der Waals surface area contributed by atoms with E-state index in [2.05, 4.69) is 4.98 Å². The van der Waals surface area contributed by atoms with E-state index in [4.69, 9.17) is 4.18 Å². The lowest BCUT2D eigenvalue weighted by molar-refractivity contribution is 0.295. The van der Waals surface area contributed by atoms with E-state index in [-0.39, 0.29) is 11.5 Å². The molecule has 18 heavy (non-hydrogen) atoms. The van der Waals surface area contributed by atoms with Crippen LogP contribution in [0.3, 0.4) is 0 Å². The molecule has 0 saturated carbocycles. The Morgan fingerprint density at radius 3 is 2.50 bits per heavy atom. The lowest BCUT2D eigenvalue weighted by atomic mass is 10.2. The summed E-state index contributed by atoms with van der Waals surface area (Å²) in [6.45, 7) is 1.82. The molecule has 2 aromatic rings. The second kappa shape index (κ2) is 4.91. The molecule has 0 aliphatic heterocycles. The molecular formula is C12H14N2O3S. The molecule has 96 valence electrons. The maximum absolute atomic E-state index is 11.9. The first-order chi connectivity index (χ1) is 8.49. The minimum Gasteiger partial charge on any atom is -0.336 e. The molecule has 0 spiro atoms. The van der Waals surface area contributed by atoms with Gasteiger partial charge in [0, 0.05) is 19.4 Å². The predicted octanol–water partition coefficient (Wildman–Crippen LogP) is 1.63. The predicted molar refractivity (Wildman–Crippen MR) is 66.4 cm³/mol. The molecule has 0 unspecified atom stereocenters. The molecule has 0 fully saturated rings. The van der Waals surface area contributed by atoms with Gasteiger partial charge >= 0.3 is 0 Å². The number of rotatable bonds is 4.